The zero-order valence-corrected chi connectivity index (χ0v) is 13.4. The Labute approximate surface area is 126 Å². The van der Waals surface area contributed by atoms with Gasteiger partial charge in [0, 0.05) is 11.0 Å². The minimum absolute atomic E-state index is 0.457. The van der Waals surface area contributed by atoms with E-state index in [1.54, 1.807) is 20.1 Å². The van der Waals surface area contributed by atoms with Crippen LogP contribution in [0.5, 0.6) is 0 Å². The van der Waals surface area contributed by atoms with Crippen LogP contribution in [-0.4, -0.2) is 37.4 Å². The molecule has 116 valence electrons. The van der Waals surface area contributed by atoms with Crippen LogP contribution in [0, 0.1) is 10.1 Å². The maximum absolute atomic E-state index is 12.1. The van der Waals surface area contributed by atoms with Gasteiger partial charge in [0.2, 0.25) is 0 Å². The van der Waals surface area contributed by atoms with Crippen LogP contribution in [0.4, 0.5) is 5.69 Å². The van der Waals surface area contributed by atoms with Gasteiger partial charge >= 0.3 is 5.97 Å². The Balaban J connectivity index is 3.19. The molecule has 0 aliphatic rings. The average molecular weight is 333 g/mol. The highest BCUT2D eigenvalue weighted by Crippen LogP contribution is 2.29. The van der Waals surface area contributed by atoms with Crippen molar-refractivity contribution in [2.45, 2.75) is 29.7 Å². The monoisotopic (exact) mass is 333 g/mol. The predicted molar refractivity (Wildman–Crippen MR) is 78.2 cm³/mol. The number of esters is 1. The van der Waals surface area contributed by atoms with Gasteiger partial charge in [-0.3, -0.25) is 14.9 Å². The van der Waals surface area contributed by atoms with Gasteiger partial charge in [0.15, 0.2) is 15.6 Å². The summed E-state index contributed by atoms with van der Waals surface area (Å²) in [5.74, 6) is -1.86. The second kappa shape index (κ2) is 6.90. The number of nitro groups is 1. The van der Waals surface area contributed by atoms with Gasteiger partial charge in [-0.05, 0) is 32.2 Å². The third-order valence-corrected chi connectivity index (χ3v) is 4.73. The minimum atomic E-state index is -4.13. The molecule has 0 radical (unpaired) electrons. The van der Waals surface area contributed by atoms with E-state index in [0.29, 0.717) is 4.90 Å². The Morgan fingerprint density at radius 2 is 2.05 bits per heavy atom. The number of nitro benzene ring substituents is 1. The molecule has 0 spiro atoms. The molecular formula is C12H15NO6S2. The van der Waals surface area contributed by atoms with Crippen LogP contribution in [0.25, 0.3) is 0 Å². The van der Waals surface area contributed by atoms with Crippen LogP contribution in [0.2, 0.25) is 0 Å². The fraction of sp³-hybridized carbons (Fsp3) is 0.417. The highest BCUT2D eigenvalue weighted by molar-refractivity contribution is 7.98. The number of carbonyl (C=O) groups is 1. The minimum Gasteiger partial charge on any atom is -0.462 e. The second-order valence-corrected chi connectivity index (χ2v) is 7.23. The Kier molecular flexibility index (Phi) is 5.73. The first-order chi connectivity index (χ1) is 9.67. The molecule has 0 aliphatic carbocycles. The molecule has 0 amide bonds. The van der Waals surface area contributed by atoms with Crippen molar-refractivity contribution >= 4 is 33.3 Å². The summed E-state index contributed by atoms with van der Waals surface area (Å²) in [6, 6.07) is 3.77. The Morgan fingerprint density at radius 3 is 2.52 bits per heavy atom. The van der Waals surface area contributed by atoms with E-state index in [-0.39, 0.29) is 0 Å². The summed E-state index contributed by atoms with van der Waals surface area (Å²) in [6.45, 7) is 3.17. The highest BCUT2D eigenvalue weighted by Gasteiger charge is 2.29. The lowest BCUT2D eigenvalue weighted by molar-refractivity contribution is -0.388. The third kappa shape index (κ3) is 4.71. The summed E-state index contributed by atoms with van der Waals surface area (Å²) in [7, 11) is -4.13. The van der Waals surface area contributed by atoms with Crippen LogP contribution in [0.15, 0.2) is 28.0 Å². The third-order valence-electron chi connectivity index (χ3n) is 2.37. The number of sulfone groups is 1. The molecule has 0 atom stereocenters. The molecule has 0 heterocycles. The lowest BCUT2D eigenvalue weighted by Crippen LogP contribution is -2.22. The van der Waals surface area contributed by atoms with E-state index in [9.17, 15) is 23.3 Å². The van der Waals surface area contributed by atoms with Gasteiger partial charge in [0.1, 0.15) is 4.90 Å². The molecule has 0 saturated carbocycles. The van der Waals surface area contributed by atoms with E-state index in [2.05, 4.69) is 0 Å². The number of rotatable bonds is 6. The average Bonchev–Trinajstić information content (AvgIpc) is 2.36. The molecule has 9 heteroatoms. The van der Waals surface area contributed by atoms with Crippen LogP contribution in [-0.2, 0) is 19.4 Å². The molecule has 1 aromatic carbocycles. The predicted octanol–water partition coefficient (Wildman–Crippen LogP) is 2.04. The van der Waals surface area contributed by atoms with Gasteiger partial charge in [-0.25, -0.2) is 8.42 Å². The molecule has 21 heavy (non-hydrogen) atoms. The van der Waals surface area contributed by atoms with Crippen molar-refractivity contribution in [3.63, 3.8) is 0 Å². The molecule has 0 aromatic heterocycles. The van der Waals surface area contributed by atoms with E-state index in [1.807, 2.05) is 0 Å². The van der Waals surface area contributed by atoms with E-state index in [4.69, 9.17) is 4.74 Å². The van der Waals surface area contributed by atoms with E-state index >= 15 is 0 Å². The fourth-order valence-electron chi connectivity index (χ4n) is 1.56. The van der Waals surface area contributed by atoms with Crippen molar-refractivity contribution in [1.29, 1.82) is 0 Å². The van der Waals surface area contributed by atoms with Crippen molar-refractivity contribution in [2.75, 3.05) is 12.0 Å². The van der Waals surface area contributed by atoms with E-state index < -0.39 is 43.2 Å². The SMILES string of the molecule is CSc1ccc(S(=O)(=O)CC(=O)OC(C)C)c([N+](=O)[O-])c1. The number of hydrogen-bond donors (Lipinski definition) is 0. The van der Waals surface area contributed by atoms with Crippen LogP contribution in [0.1, 0.15) is 13.8 Å². The largest absolute Gasteiger partial charge is 0.462 e. The summed E-state index contributed by atoms with van der Waals surface area (Å²) in [4.78, 5) is 21.8. The number of ether oxygens (including phenoxy) is 1. The Bertz CT molecular complexity index is 654. The molecule has 0 aliphatic heterocycles. The fourth-order valence-corrected chi connectivity index (χ4v) is 3.25. The van der Waals surface area contributed by atoms with Crippen LogP contribution < -0.4 is 0 Å². The summed E-state index contributed by atoms with van der Waals surface area (Å²) in [5.41, 5.74) is -0.542. The lowest BCUT2D eigenvalue weighted by atomic mass is 10.3. The summed E-state index contributed by atoms with van der Waals surface area (Å²) < 4.78 is 29.0. The van der Waals surface area contributed by atoms with E-state index in [0.717, 1.165) is 6.07 Å². The number of hydrogen-bond acceptors (Lipinski definition) is 7. The molecule has 7 nitrogen and oxygen atoms in total. The molecule has 0 fully saturated rings. The first kappa shape index (κ1) is 17.4. The van der Waals surface area contributed by atoms with Gasteiger partial charge in [-0.2, -0.15) is 0 Å². The second-order valence-electron chi connectivity index (χ2n) is 4.39. The molecule has 0 saturated heterocycles. The van der Waals surface area contributed by atoms with Crippen molar-refractivity contribution in [2.24, 2.45) is 0 Å². The highest BCUT2D eigenvalue weighted by atomic mass is 32.2. The van der Waals surface area contributed by atoms with Gasteiger partial charge < -0.3 is 4.74 Å². The van der Waals surface area contributed by atoms with E-state index in [1.165, 1.54) is 23.9 Å². The van der Waals surface area contributed by atoms with Crippen molar-refractivity contribution in [3.8, 4) is 0 Å². The molecule has 1 rings (SSSR count). The zero-order valence-electron chi connectivity index (χ0n) is 11.7. The Hall–Kier alpha value is -1.61. The molecule has 0 unspecified atom stereocenters. The van der Waals surface area contributed by atoms with Gasteiger partial charge in [0.05, 0.1) is 11.0 Å². The number of thioether (sulfide) groups is 1. The van der Waals surface area contributed by atoms with Crippen LogP contribution in [0.3, 0.4) is 0 Å². The lowest BCUT2D eigenvalue weighted by Gasteiger charge is -2.09. The van der Waals surface area contributed by atoms with Crippen molar-refractivity contribution in [1.82, 2.24) is 0 Å². The smallest absolute Gasteiger partial charge is 0.321 e. The maximum atomic E-state index is 12.1. The zero-order chi connectivity index (χ0) is 16.2. The number of carbonyl (C=O) groups excluding carboxylic acids is 1. The molecule has 1 aromatic rings. The van der Waals surface area contributed by atoms with Gasteiger partial charge in [-0.1, -0.05) is 0 Å². The van der Waals surface area contributed by atoms with Gasteiger partial charge in [-0.15, -0.1) is 11.8 Å². The first-order valence-corrected chi connectivity index (χ1v) is 8.79. The number of benzene rings is 1. The molecular weight excluding hydrogens is 318 g/mol. The topological polar surface area (TPSA) is 104 Å². The molecule has 0 bridgehead atoms. The standard InChI is InChI=1S/C12H15NO6S2/c1-8(2)19-12(14)7-21(17,18)11-5-4-9(20-3)6-10(11)13(15)16/h4-6,8H,7H2,1-3H3. The van der Waals surface area contributed by atoms with Crippen molar-refractivity contribution < 1.29 is 22.9 Å². The summed E-state index contributed by atoms with van der Waals surface area (Å²) in [6.07, 6.45) is 1.26. The quantitative estimate of drug-likeness (QED) is 0.339. The number of nitrogens with zero attached hydrogens (tertiary/aromatic N) is 1. The summed E-state index contributed by atoms with van der Waals surface area (Å²) in [5, 5.41) is 11.0. The molecule has 0 N–H and O–H groups in total. The van der Waals surface area contributed by atoms with Crippen molar-refractivity contribution in [3.05, 3.63) is 28.3 Å². The first-order valence-electron chi connectivity index (χ1n) is 5.92. The maximum Gasteiger partial charge on any atom is 0.321 e. The normalized spacial score (nSPS) is 11.4. The van der Waals surface area contributed by atoms with Gasteiger partial charge in [0.25, 0.3) is 5.69 Å². The van der Waals surface area contributed by atoms with Crippen LogP contribution >= 0.6 is 11.8 Å². The summed E-state index contributed by atoms with van der Waals surface area (Å²) >= 11 is 1.25. The Morgan fingerprint density at radius 1 is 1.43 bits per heavy atom.